The molecule has 4 rings (SSSR count). The largest absolute Gasteiger partial charge is 0.467 e. The van der Waals surface area contributed by atoms with Gasteiger partial charge in [0.25, 0.3) is 0 Å². The third-order valence-electron chi connectivity index (χ3n) is 5.17. The topological polar surface area (TPSA) is 64.2 Å². The zero-order chi connectivity index (χ0) is 20.2. The molecule has 0 saturated carbocycles. The average Bonchev–Trinajstić information content (AvgIpc) is 3.38. The summed E-state index contributed by atoms with van der Waals surface area (Å²) in [5, 5.41) is 10.1. The number of carbonyl (C=O) groups is 1. The predicted molar refractivity (Wildman–Crippen MR) is 114 cm³/mol. The van der Waals surface area contributed by atoms with Crippen molar-refractivity contribution in [1.29, 1.82) is 0 Å². The second-order valence-corrected chi connectivity index (χ2v) is 8.71. The number of halogens is 1. The maximum absolute atomic E-state index is 12.6. The van der Waals surface area contributed by atoms with Gasteiger partial charge in [0, 0.05) is 23.7 Å². The number of thioether (sulfide) groups is 1. The third kappa shape index (κ3) is 4.85. The number of nitrogens with zero attached hydrogens (tertiary/aromatic N) is 4. The highest BCUT2D eigenvalue weighted by atomic mass is 35.5. The smallest absolute Gasteiger partial charge is 0.233 e. The molecule has 1 aliphatic heterocycles. The molecule has 0 unspecified atom stereocenters. The number of hydrogen-bond donors (Lipinski definition) is 0. The number of benzene rings is 1. The maximum atomic E-state index is 12.6. The molecule has 0 bridgehead atoms. The van der Waals surface area contributed by atoms with E-state index in [1.54, 1.807) is 6.26 Å². The average molecular weight is 431 g/mol. The number of rotatable bonds is 6. The Labute approximate surface area is 179 Å². The van der Waals surface area contributed by atoms with E-state index in [2.05, 4.69) is 17.1 Å². The van der Waals surface area contributed by atoms with Crippen LogP contribution in [0.15, 0.2) is 52.2 Å². The van der Waals surface area contributed by atoms with Crippen LogP contribution in [0.1, 0.15) is 25.5 Å². The molecular weight excluding hydrogens is 408 g/mol. The molecule has 1 saturated heterocycles. The molecule has 8 heteroatoms. The van der Waals surface area contributed by atoms with E-state index in [0.29, 0.717) is 28.4 Å². The van der Waals surface area contributed by atoms with Gasteiger partial charge in [0.05, 0.1) is 18.6 Å². The van der Waals surface area contributed by atoms with E-state index in [1.165, 1.54) is 11.8 Å². The van der Waals surface area contributed by atoms with Crippen LogP contribution in [-0.4, -0.2) is 44.4 Å². The van der Waals surface area contributed by atoms with Crippen LogP contribution in [0.3, 0.4) is 0 Å². The van der Waals surface area contributed by atoms with E-state index >= 15 is 0 Å². The van der Waals surface area contributed by atoms with Crippen molar-refractivity contribution in [2.24, 2.45) is 5.92 Å². The van der Waals surface area contributed by atoms with Crippen molar-refractivity contribution < 1.29 is 9.21 Å². The van der Waals surface area contributed by atoms with E-state index < -0.39 is 0 Å². The highest BCUT2D eigenvalue weighted by Gasteiger charge is 2.22. The molecule has 152 valence electrons. The summed E-state index contributed by atoms with van der Waals surface area (Å²) in [5.41, 5.74) is 0.914. The zero-order valence-electron chi connectivity index (χ0n) is 16.3. The second-order valence-electron chi connectivity index (χ2n) is 7.33. The Hall–Kier alpha value is -2.25. The quantitative estimate of drug-likeness (QED) is 0.535. The number of piperidine rings is 1. The van der Waals surface area contributed by atoms with Gasteiger partial charge < -0.3 is 9.32 Å². The summed E-state index contributed by atoms with van der Waals surface area (Å²) < 4.78 is 7.51. The van der Waals surface area contributed by atoms with Gasteiger partial charge in [-0.3, -0.25) is 9.36 Å². The molecule has 0 N–H and O–H groups in total. The first-order chi connectivity index (χ1) is 14.1. The summed E-state index contributed by atoms with van der Waals surface area (Å²) in [6.07, 6.45) is 3.80. The minimum absolute atomic E-state index is 0.155. The lowest BCUT2D eigenvalue weighted by molar-refractivity contribution is -0.129. The lowest BCUT2D eigenvalue weighted by Crippen LogP contribution is -2.38. The summed E-state index contributed by atoms with van der Waals surface area (Å²) in [6, 6.07) is 11.3. The SMILES string of the molecule is CC1CCN(C(=O)CSc2nnc(-c3ccc(Cl)cc3)n2Cc2ccco2)CC1. The molecule has 1 aliphatic rings. The first-order valence-corrected chi connectivity index (χ1v) is 11.1. The van der Waals surface area contributed by atoms with Gasteiger partial charge in [-0.05, 0) is 55.2 Å². The summed E-state index contributed by atoms with van der Waals surface area (Å²) in [6.45, 7) is 4.42. The van der Waals surface area contributed by atoms with Crippen LogP contribution in [-0.2, 0) is 11.3 Å². The Kier molecular flexibility index (Phi) is 6.25. The lowest BCUT2D eigenvalue weighted by Gasteiger charge is -2.30. The lowest BCUT2D eigenvalue weighted by atomic mass is 9.99. The monoisotopic (exact) mass is 430 g/mol. The third-order valence-corrected chi connectivity index (χ3v) is 6.38. The Morgan fingerprint density at radius 2 is 1.97 bits per heavy atom. The van der Waals surface area contributed by atoms with Crippen molar-refractivity contribution >= 4 is 29.3 Å². The van der Waals surface area contributed by atoms with E-state index in [-0.39, 0.29) is 5.91 Å². The fourth-order valence-corrected chi connectivity index (χ4v) is 4.35. The first kappa shape index (κ1) is 20.0. The number of amides is 1. The number of hydrogen-bond acceptors (Lipinski definition) is 5. The van der Waals surface area contributed by atoms with Crippen LogP contribution in [0.5, 0.6) is 0 Å². The summed E-state index contributed by atoms with van der Waals surface area (Å²) in [7, 11) is 0. The fourth-order valence-electron chi connectivity index (χ4n) is 3.38. The highest BCUT2D eigenvalue weighted by Crippen LogP contribution is 2.27. The molecular formula is C21H23ClN4O2S. The minimum atomic E-state index is 0.155. The molecule has 1 aromatic carbocycles. The van der Waals surface area contributed by atoms with Gasteiger partial charge in [-0.2, -0.15) is 0 Å². The van der Waals surface area contributed by atoms with Gasteiger partial charge >= 0.3 is 0 Å². The predicted octanol–water partition coefficient (Wildman–Crippen LogP) is 4.59. The Bertz CT molecular complexity index is 948. The Balaban J connectivity index is 1.53. The molecule has 3 aromatic rings. The van der Waals surface area contributed by atoms with Crippen molar-refractivity contribution in [2.45, 2.75) is 31.5 Å². The molecule has 0 spiro atoms. The van der Waals surface area contributed by atoms with Gasteiger partial charge in [0.15, 0.2) is 11.0 Å². The van der Waals surface area contributed by atoms with Crippen molar-refractivity contribution in [3.8, 4) is 11.4 Å². The Morgan fingerprint density at radius 3 is 2.66 bits per heavy atom. The van der Waals surface area contributed by atoms with Crippen molar-refractivity contribution in [3.05, 3.63) is 53.4 Å². The van der Waals surface area contributed by atoms with Gasteiger partial charge in [0.1, 0.15) is 5.76 Å². The van der Waals surface area contributed by atoms with Gasteiger partial charge in [-0.25, -0.2) is 0 Å². The van der Waals surface area contributed by atoms with E-state index in [4.69, 9.17) is 16.0 Å². The number of carbonyl (C=O) groups excluding carboxylic acids is 1. The van der Waals surface area contributed by atoms with E-state index in [0.717, 1.165) is 43.1 Å². The molecule has 1 fully saturated rings. The van der Waals surface area contributed by atoms with Gasteiger partial charge in [0.2, 0.25) is 5.91 Å². The molecule has 0 aliphatic carbocycles. The van der Waals surface area contributed by atoms with Crippen LogP contribution in [0.2, 0.25) is 5.02 Å². The molecule has 3 heterocycles. The van der Waals surface area contributed by atoms with E-state index in [1.807, 2.05) is 45.9 Å². The van der Waals surface area contributed by atoms with Crippen LogP contribution < -0.4 is 0 Å². The zero-order valence-corrected chi connectivity index (χ0v) is 17.8. The van der Waals surface area contributed by atoms with Crippen LogP contribution in [0.4, 0.5) is 0 Å². The summed E-state index contributed by atoms with van der Waals surface area (Å²) >= 11 is 7.44. The van der Waals surface area contributed by atoms with Crippen molar-refractivity contribution in [1.82, 2.24) is 19.7 Å². The molecule has 2 aromatic heterocycles. The minimum Gasteiger partial charge on any atom is -0.467 e. The fraction of sp³-hybridized carbons (Fsp3) is 0.381. The van der Waals surface area contributed by atoms with Crippen molar-refractivity contribution in [2.75, 3.05) is 18.8 Å². The maximum Gasteiger partial charge on any atom is 0.233 e. The summed E-state index contributed by atoms with van der Waals surface area (Å²) in [5.74, 6) is 2.73. The normalized spacial score (nSPS) is 15.0. The number of aromatic nitrogens is 3. The standard InChI is InChI=1S/C21H23ClN4O2S/c1-15-8-10-25(11-9-15)19(27)14-29-21-24-23-20(16-4-6-17(22)7-5-16)26(21)13-18-3-2-12-28-18/h2-7,12,15H,8-11,13-14H2,1H3. The number of furan rings is 1. The van der Waals surface area contributed by atoms with Gasteiger partial charge in [-0.1, -0.05) is 30.3 Å². The van der Waals surface area contributed by atoms with Crippen LogP contribution in [0.25, 0.3) is 11.4 Å². The second kappa shape index (κ2) is 9.05. The summed E-state index contributed by atoms with van der Waals surface area (Å²) in [4.78, 5) is 14.6. The first-order valence-electron chi connectivity index (χ1n) is 9.72. The highest BCUT2D eigenvalue weighted by molar-refractivity contribution is 7.99. The van der Waals surface area contributed by atoms with E-state index in [9.17, 15) is 4.79 Å². The number of likely N-dealkylation sites (tertiary alicyclic amines) is 1. The molecule has 29 heavy (non-hydrogen) atoms. The van der Waals surface area contributed by atoms with Crippen LogP contribution >= 0.6 is 23.4 Å². The van der Waals surface area contributed by atoms with Gasteiger partial charge in [-0.15, -0.1) is 10.2 Å². The molecule has 0 radical (unpaired) electrons. The molecule has 0 atom stereocenters. The molecule has 1 amide bonds. The van der Waals surface area contributed by atoms with Crippen LogP contribution in [0, 0.1) is 5.92 Å². The molecule has 6 nitrogen and oxygen atoms in total. The Morgan fingerprint density at radius 1 is 1.21 bits per heavy atom. The van der Waals surface area contributed by atoms with Crippen molar-refractivity contribution in [3.63, 3.8) is 0 Å².